The van der Waals surface area contributed by atoms with Crippen LogP contribution in [-0.2, 0) is 11.3 Å². The molecule has 0 atom stereocenters. The van der Waals surface area contributed by atoms with Gasteiger partial charge in [0.2, 0.25) is 5.91 Å². The minimum atomic E-state index is -0.00387. The first-order valence-electron chi connectivity index (χ1n) is 7.46. The summed E-state index contributed by atoms with van der Waals surface area (Å²) in [5, 5.41) is 0. The van der Waals surface area contributed by atoms with E-state index in [0.29, 0.717) is 13.0 Å². The molecule has 0 aliphatic carbocycles. The smallest absolute Gasteiger partial charge is 0.234 e. The molecule has 2 N–H and O–H groups in total. The Bertz CT molecular complexity index is 600. The maximum atomic E-state index is 11.7. The van der Waals surface area contributed by atoms with Crippen LogP contribution in [0.15, 0.2) is 48.7 Å². The third-order valence-electron chi connectivity index (χ3n) is 3.13. The summed E-state index contributed by atoms with van der Waals surface area (Å²) >= 11 is 0. The molecule has 0 fully saturated rings. The molecule has 116 valence electrons. The third kappa shape index (κ3) is 5.30. The first-order valence-corrected chi connectivity index (χ1v) is 7.46. The number of nitrogens with zero attached hydrogens (tertiary/aromatic N) is 1. The lowest BCUT2D eigenvalue weighted by Gasteiger charge is -2.17. The number of hydrogen-bond acceptors (Lipinski definition) is 3. The lowest BCUT2D eigenvalue weighted by molar-refractivity contribution is -0.123. The largest absolute Gasteiger partial charge is 0.291 e. The van der Waals surface area contributed by atoms with Crippen LogP contribution >= 0.6 is 0 Å². The molecule has 0 radical (unpaired) electrons. The van der Waals surface area contributed by atoms with Crippen molar-refractivity contribution in [3.8, 4) is 11.3 Å². The second kappa shape index (κ2) is 7.18. The molecule has 4 nitrogen and oxygen atoms in total. The van der Waals surface area contributed by atoms with Gasteiger partial charge in [-0.2, -0.15) is 0 Å². The van der Waals surface area contributed by atoms with Crippen LogP contribution in [0.4, 0.5) is 0 Å². The number of carbonyl (C=O) groups is 1. The number of hydrazine groups is 1. The van der Waals surface area contributed by atoms with Crippen molar-refractivity contribution in [1.29, 1.82) is 0 Å². The van der Waals surface area contributed by atoms with Crippen LogP contribution in [0.5, 0.6) is 0 Å². The molecule has 0 aliphatic rings. The van der Waals surface area contributed by atoms with Crippen molar-refractivity contribution in [1.82, 2.24) is 15.8 Å². The van der Waals surface area contributed by atoms with Crippen LogP contribution in [0.25, 0.3) is 11.3 Å². The van der Waals surface area contributed by atoms with Gasteiger partial charge in [0.25, 0.3) is 0 Å². The summed E-state index contributed by atoms with van der Waals surface area (Å²) < 4.78 is 0. The molecule has 0 unspecified atom stereocenters. The van der Waals surface area contributed by atoms with Gasteiger partial charge in [-0.25, -0.2) is 5.43 Å². The molecule has 1 heterocycles. The first-order chi connectivity index (χ1) is 10.4. The van der Waals surface area contributed by atoms with Crippen LogP contribution in [0.1, 0.15) is 32.8 Å². The van der Waals surface area contributed by atoms with Crippen molar-refractivity contribution in [3.05, 3.63) is 54.2 Å². The van der Waals surface area contributed by atoms with Gasteiger partial charge >= 0.3 is 0 Å². The van der Waals surface area contributed by atoms with E-state index in [1.54, 1.807) is 6.20 Å². The van der Waals surface area contributed by atoms with Gasteiger partial charge in [-0.15, -0.1) is 0 Å². The van der Waals surface area contributed by atoms with Crippen molar-refractivity contribution in [2.24, 2.45) is 5.41 Å². The predicted octanol–water partition coefficient (Wildman–Crippen LogP) is 3.31. The normalized spacial score (nSPS) is 11.2. The summed E-state index contributed by atoms with van der Waals surface area (Å²) in [7, 11) is 0. The average molecular weight is 297 g/mol. The number of rotatable bonds is 5. The van der Waals surface area contributed by atoms with E-state index in [1.807, 2.05) is 63.2 Å². The van der Waals surface area contributed by atoms with E-state index in [2.05, 4.69) is 15.8 Å². The zero-order valence-corrected chi connectivity index (χ0v) is 13.4. The first kappa shape index (κ1) is 16.2. The van der Waals surface area contributed by atoms with E-state index in [4.69, 9.17) is 0 Å². The molecule has 0 saturated carbocycles. The van der Waals surface area contributed by atoms with Crippen LogP contribution in [0.2, 0.25) is 0 Å². The second-order valence-electron chi connectivity index (χ2n) is 6.55. The third-order valence-corrected chi connectivity index (χ3v) is 3.13. The fourth-order valence-electron chi connectivity index (χ4n) is 2.10. The van der Waals surface area contributed by atoms with Crippen molar-refractivity contribution in [2.45, 2.75) is 33.7 Å². The van der Waals surface area contributed by atoms with E-state index in [-0.39, 0.29) is 11.3 Å². The minimum Gasteiger partial charge on any atom is -0.291 e. The van der Waals surface area contributed by atoms with Gasteiger partial charge in [0.1, 0.15) is 0 Å². The summed E-state index contributed by atoms with van der Waals surface area (Å²) in [4.78, 5) is 16.0. The SMILES string of the molecule is CC(C)(C)CC(=O)NNCc1ccc(-c2ccccn2)cc1. The van der Waals surface area contributed by atoms with Crippen molar-refractivity contribution < 1.29 is 4.79 Å². The van der Waals surface area contributed by atoms with Gasteiger partial charge in [0.05, 0.1) is 5.69 Å². The maximum Gasteiger partial charge on any atom is 0.234 e. The van der Waals surface area contributed by atoms with Crippen molar-refractivity contribution >= 4 is 5.91 Å². The monoisotopic (exact) mass is 297 g/mol. The highest BCUT2D eigenvalue weighted by Crippen LogP contribution is 2.18. The zero-order chi connectivity index (χ0) is 16.0. The van der Waals surface area contributed by atoms with Gasteiger partial charge in [-0.1, -0.05) is 51.1 Å². The van der Waals surface area contributed by atoms with Crippen LogP contribution in [0, 0.1) is 5.41 Å². The average Bonchev–Trinajstić information content (AvgIpc) is 2.47. The number of amides is 1. The topological polar surface area (TPSA) is 54.0 Å². The highest BCUT2D eigenvalue weighted by molar-refractivity contribution is 5.75. The zero-order valence-electron chi connectivity index (χ0n) is 13.4. The summed E-state index contributed by atoms with van der Waals surface area (Å²) in [6.45, 7) is 6.73. The Kier molecular flexibility index (Phi) is 5.28. The predicted molar refractivity (Wildman–Crippen MR) is 88.7 cm³/mol. The van der Waals surface area contributed by atoms with Crippen LogP contribution < -0.4 is 10.9 Å². The molecular formula is C18H23N3O. The Balaban J connectivity index is 1.84. The second-order valence-corrected chi connectivity index (χ2v) is 6.55. The quantitative estimate of drug-likeness (QED) is 0.833. The maximum absolute atomic E-state index is 11.7. The summed E-state index contributed by atoms with van der Waals surface area (Å²) in [5.74, 6) is 0.0117. The molecular weight excluding hydrogens is 274 g/mol. The fraction of sp³-hybridized carbons (Fsp3) is 0.333. The number of nitrogens with one attached hydrogen (secondary N) is 2. The van der Waals surface area contributed by atoms with Crippen molar-refractivity contribution in [2.75, 3.05) is 0 Å². The number of benzene rings is 1. The Morgan fingerprint density at radius 1 is 1.09 bits per heavy atom. The Labute approximate surface area is 131 Å². The molecule has 2 aromatic rings. The Hall–Kier alpha value is -2.20. The summed E-state index contributed by atoms with van der Waals surface area (Å²) in [6.07, 6.45) is 2.29. The van der Waals surface area contributed by atoms with Gasteiger partial charge < -0.3 is 0 Å². The van der Waals surface area contributed by atoms with Gasteiger partial charge in [0, 0.05) is 24.7 Å². The fourth-order valence-corrected chi connectivity index (χ4v) is 2.10. The van der Waals surface area contributed by atoms with Gasteiger partial charge in [-0.05, 0) is 23.1 Å². The standard InChI is InChI=1S/C18H23N3O/c1-18(2,3)12-17(22)21-20-13-14-7-9-15(10-8-14)16-6-4-5-11-19-16/h4-11,20H,12-13H2,1-3H3,(H,21,22). The van der Waals surface area contributed by atoms with Gasteiger partial charge in [0.15, 0.2) is 0 Å². The summed E-state index contributed by atoms with van der Waals surface area (Å²) in [5.41, 5.74) is 8.85. The molecule has 1 aromatic carbocycles. The molecule has 1 aromatic heterocycles. The molecule has 22 heavy (non-hydrogen) atoms. The highest BCUT2D eigenvalue weighted by Gasteiger charge is 2.15. The molecule has 0 spiro atoms. The lowest BCUT2D eigenvalue weighted by Crippen LogP contribution is -2.38. The van der Waals surface area contributed by atoms with Gasteiger partial charge in [-0.3, -0.25) is 15.2 Å². The van der Waals surface area contributed by atoms with E-state index in [1.165, 1.54) is 0 Å². The van der Waals surface area contributed by atoms with Crippen molar-refractivity contribution in [3.63, 3.8) is 0 Å². The number of pyridine rings is 1. The van der Waals surface area contributed by atoms with E-state index in [9.17, 15) is 4.79 Å². The van der Waals surface area contributed by atoms with E-state index < -0.39 is 0 Å². The number of carbonyl (C=O) groups excluding carboxylic acids is 1. The minimum absolute atomic E-state index is 0.00387. The van der Waals surface area contributed by atoms with Crippen LogP contribution in [-0.4, -0.2) is 10.9 Å². The Morgan fingerprint density at radius 2 is 1.82 bits per heavy atom. The summed E-state index contributed by atoms with van der Waals surface area (Å²) in [6, 6.07) is 14.0. The molecule has 4 heteroatoms. The highest BCUT2D eigenvalue weighted by atomic mass is 16.2. The van der Waals surface area contributed by atoms with E-state index in [0.717, 1.165) is 16.8 Å². The molecule has 0 bridgehead atoms. The lowest BCUT2D eigenvalue weighted by atomic mass is 9.92. The van der Waals surface area contributed by atoms with Crippen LogP contribution in [0.3, 0.4) is 0 Å². The Morgan fingerprint density at radius 3 is 2.41 bits per heavy atom. The molecule has 0 aliphatic heterocycles. The molecule has 0 saturated heterocycles. The van der Waals surface area contributed by atoms with E-state index >= 15 is 0 Å². The molecule has 1 amide bonds. The molecule has 2 rings (SSSR count). The number of hydrogen-bond donors (Lipinski definition) is 2. The number of aromatic nitrogens is 1.